The maximum atomic E-state index is 15.3. The number of hydrogen-bond donors (Lipinski definition) is 2. The van der Waals surface area contributed by atoms with E-state index in [9.17, 15) is 20.0 Å². The number of fused-ring (bicyclic) bond motifs is 2. The van der Waals surface area contributed by atoms with Crippen LogP contribution in [0.5, 0.6) is 0 Å². The number of anilines is 1. The van der Waals surface area contributed by atoms with Crippen LogP contribution in [0.2, 0.25) is 10.0 Å². The van der Waals surface area contributed by atoms with E-state index in [1.807, 2.05) is 13.8 Å². The molecule has 10 heteroatoms. The van der Waals surface area contributed by atoms with Crippen molar-refractivity contribution < 1.29 is 19.2 Å². The first-order valence-corrected chi connectivity index (χ1v) is 11.0. The van der Waals surface area contributed by atoms with Gasteiger partial charge in [-0.05, 0) is 24.1 Å². The third-order valence-corrected chi connectivity index (χ3v) is 6.86. The zero-order valence-electron chi connectivity index (χ0n) is 17.4. The summed E-state index contributed by atoms with van der Waals surface area (Å²) < 4.78 is 15.3. The van der Waals surface area contributed by atoms with Gasteiger partial charge in [0.15, 0.2) is 0 Å². The summed E-state index contributed by atoms with van der Waals surface area (Å²) in [5, 5.41) is 25.6. The molecule has 1 spiro atoms. The summed E-state index contributed by atoms with van der Waals surface area (Å²) in [7, 11) is 0. The topological polar surface area (TPSA) is 95.7 Å². The van der Waals surface area contributed by atoms with Gasteiger partial charge in [-0.15, -0.1) is 0 Å². The van der Waals surface area contributed by atoms with Crippen LogP contribution in [-0.2, 0) is 10.3 Å². The molecule has 2 aromatic carbocycles. The smallest absolute Gasteiger partial charge is 0.250 e. The molecule has 7 nitrogen and oxygen atoms in total. The van der Waals surface area contributed by atoms with Crippen molar-refractivity contribution in [2.75, 3.05) is 18.5 Å². The van der Waals surface area contributed by atoms with Gasteiger partial charge in [-0.2, -0.15) is 0 Å². The third kappa shape index (κ3) is 3.20. The minimum atomic E-state index is -1.62. The maximum Gasteiger partial charge on any atom is 0.250 e. The third-order valence-electron chi connectivity index (χ3n) is 6.33. The standard InChI is InChI=1S/C22H22Cl2FN3O4/c1-11(2)9-27-17(10-29)20(28(31)32)18(13-4-3-5-15(24)19(13)25)22(27)14-7-6-12(23)8-16(14)26-21(22)30/h3-8,11,17-18,20,29H,9-10H2,1-2H3,(H,26,30)/t17-,18-,20+,22+/m1/s1. The van der Waals surface area contributed by atoms with Crippen molar-refractivity contribution in [3.05, 3.63) is 73.5 Å². The first-order chi connectivity index (χ1) is 15.1. The largest absolute Gasteiger partial charge is 0.394 e. The monoisotopic (exact) mass is 481 g/mol. The van der Waals surface area contributed by atoms with Crippen LogP contribution >= 0.6 is 23.2 Å². The SMILES string of the molecule is CC(C)CN1[C@H](CO)[C@H]([N+](=O)[O-])[C@@H](c2cccc(Cl)c2F)[C@@]12C(=O)Nc1cc(Cl)ccc12. The lowest BCUT2D eigenvalue weighted by molar-refractivity contribution is -0.528. The minimum absolute atomic E-state index is 0.000405. The molecule has 1 amide bonds. The number of hydrogen-bond acceptors (Lipinski definition) is 5. The number of nitrogens with one attached hydrogen (secondary N) is 1. The van der Waals surface area contributed by atoms with Gasteiger partial charge < -0.3 is 10.4 Å². The Morgan fingerprint density at radius 2 is 2.03 bits per heavy atom. The highest BCUT2D eigenvalue weighted by Gasteiger charge is 2.71. The number of carbonyl (C=O) groups excluding carboxylic acids is 1. The quantitative estimate of drug-likeness (QED) is 0.496. The molecule has 1 fully saturated rings. The van der Waals surface area contributed by atoms with Crippen molar-refractivity contribution >= 4 is 34.8 Å². The first-order valence-electron chi connectivity index (χ1n) is 10.2. The van der Waals surface area contributed by atoms with Gasteiger partial charge >= 0.3 is 0 Å². The van der Waals surface area contributed by atoms with Gasteiger partial charge in [0.1, 0.15) is 17.4 Å². The number of nitrogens with zero attached hydrogens (tertiary/aromatic N) is 2. The molecule has 2 N–H and O–H groups in total. The highest BCUT2D eigenvalue weighted by Crippen LogP contribution is 2.58. The lowest BCUT2D eigenvalue weighted by Crippen LogP contribution is -2.53. The van der Waals surface area contributed by atoms with E-state index in [-0.39, 0.29) is 23.0 Å². The minimum Gasteiger partial charge on any atom is -0.394 e. The number of aliphatic hydroxyl groups is 1. The van der Waals surface area contributed by atoms with Crippen LogP contribution < -0.4 is 5.32 Å². The second-order valence-electron chi connectivity index (χ2n) is 8.60. The van der Waals surface area contributed by atoms with Gasteiger partial charge in [0, 0.05) is 33.3 Å². The number of carbonyl (C=O) groups is 1. The average molecular weight is 482 g/mol. The molecule has 2 aliphatic heterocycles. The predicted molar refractivity (Wildman–Crippen MR) is 119 cm³/mol. The fourth-order valence-corrected chi connectivity index (χ4v) is 5.65. The zero-order valence-corrected chi connectivity index (χ0v) is 18.9. The summed E-state index contributed by atoms with van der Waals surface area (Å²) in [4.78, 5) is 27.2. The molecule has 170 valence electrons. The van der Waals surface area contributed by atoms with E-state index in [1.54, 1.807) is 23.1 Å². The molecule has 2 aliphatic rings. The molecule has 0 aromatic heterocycles. The molecule has 32 heavy (non-hydrogen) atoms. The summed E-state index contributed by atoms with van der Waals surface area (Å²) in [6, 6.07) is 6.57. The molecular weight excluding hydrogens is 460 g/mol. The van der Waals surface area contributed by atoms with Crippen molar-refractivity contribution in [1.82, 2.24) is 4.90 Å². The van der Waals surface area contributed by atoms with Crippen LogP contribution in [0.15, 0.2) is 36.4 Å². The molecule has 0 bridgehead atoms. The van der Waals surface area contributed by atoms with E-state index < -0.39 is 46.8 Å². The molecule has 4 atom stereocenters. The number of halogens is 3. The fourth-order valence-electron chi connectivity index (χ4n) is 5.29. The van der Waals surface area contributed by atoms with Crippen molar-refractivity contribution in [2.45, 2.75) is 37.4 Å². The van der Waals surface area contributed by atoms with Crippen molar-refractivity contribution in [1.29, 1.82) is 0 Å². The van der Waals surface area contributed by atoms with E-state index in [0.29, 0.717) is 16.3 Å². The van der Waals surface area contributed by atoms with Crippen molar-refractivity contribution in [3.8, 4) is 0 Å². The Morgan fingerprint density at radius 1 is 1.31 bits per heavy atom. The number of aliphatic hydroxyl groups excluding tert-OH is 1. The average Bonchev–Trinajstić information content (AvgIpc) is 3.16. The van der Waals surface area contributed by atoms with Gasteiger partial charge in [0.25, 0.3) is 5.91 Å². The zero-order chi connectivity index (χ0) is 23.4. The fraction of sp³-hybridized carbons (Fsp3) is 0.409. The Kier molecular flexibility index (Phi) is 5.92. The summed E-state index contributed by atoms with van der Waals surface area (Å²) in [6.45, 7) is 3.51. The Morgan fingerprint density at radius 3 is 2.66 bits per heavy atom. The lowest BCUT2D eigenvalue weighted by Gasteiger charge is -2.39. The Hall–Kier alpha value is -2.26. The molecule has 4 rings (SSSR count). The Balaban J connectivity index is 2.10. The van der Waals surface area contributed by atoms with Crippen LogP contribution in [0.3, 0.4) is 0 Å². The highest BCUT2D eigenvalue weighted by molar-refractivity contribution is 6.31. The molecule has 0 saturated carbocycles. The molecule has 0 radical (unpaired) electrons. The summed E-state index contributed by atoms with van der Waals surface area (Å²) >= 11 is 12.2. The number of likely N-dealkylation sites (tertiary alicyclic amines) is 1. The van der Waals surface area contributed by atoms with E-state index >= 15 is 4.39 Å². The predicted octanol–water partition coefficient (Wildman–Crippen LogP) is 4.04. The maximum absolute atomic E-state index is 15.3. The van der Waals surface area contributed by atoms with Gasteiger partial charge in [-0.3, -0.25) is 19.8 Å². The second kappa shape index (κ2) is 8.26. The molecule has 1 saturated heterocycles. The van der Waals surface area contributed by atoms with Crippen molar-refractivity contribution in [3.63, 3.8) is 0 Å². The first kappa shape index (κ1) is 22.9. The number of amides is 1. The molecule has 2 heterocycles. The summed E-state index contributed by atoms with van der Waals surface area (Å²) in [5.41, 5.74) is -0.799. The summed E-state index contributed by atoms with van der Waals surface area (Å²) in [5.74, 6) is -2.58. The molecular formula is C22H22Cl2FN3O4. The van der Waals surface area contributed by atoms with Gasteiger partial charge in [0.05, 0.1) is 17.5 Å². The molecule has 2 aromatic rings. The number of rotatable bonds is 5. The van der Waals surface area contributed by atoms with E-state index in [0.717, 1.165) is 0 Å². The van der Waals surface area contributed by atoms with Crippen LogP contribution in [0.1, 0.15) is 30.9 Å². The van der Waals surface area contributed by atoms with Crippen LogP contribution in [0, 0.1) is 21.8 Å². The van der Waals surface area contributed by atoms with Crippen molar-refractivity contribution in [2.24, 2.45) is 5.92 Å². The van der Waals surface area contributed by atoms with Gasteiger partial charge in [-0.1, -0.05) is 55.2 Å². The highest BCUT2D eigenvalue weighted by atomic mass is 35.5. The lowest BCUT2D eigenvalue weighted by atomic mass is 9.73. The molecule has 0 unspecified atom stereocenters. The Bertz CT molecular complexity index is 1100. The summed E-state index contributed by atoms with van der Waals surface area (Å²) in [6.07, 6.45) is 0. The van der Waals surface area contributed by atoms with E-state index in [4.69, 9.17) is 23.2 Å². The normalized spacial score (nSPS) is 27.2. The second-order valence-corrected chi connectivity index (χ2v) is 9.45. The van der Waals surface area contributed by atoms with Crippen LogP contribution in [0.4, 0.5) is 10.1 Å². The van der Waals surface area contributed by atoms with Crippen LogP contribution in [-0.4, -0.2) is 46.1 Å². The van der Waals surface area contributed by atoms with Gasteiger partial charge in [-0.25, -0.2) is 4.39 Å². The number of benzene rings is 2. The van der Waals surface area contributed by atoms with E-state index in [1.165, 1.54) is 18.2 Å². The van der Waals surface area contributed by atoms with E-state index in [2.05, 4.69) is 5.32 Å². The number of nitro groups is 1. The molecule has 0 aliphatic carbocycles. The Labute approximate surface area is 194 Å². The van der Waals surface area contributed by atoms with Crippen LogP contribution in [0.25, 0.3) is 0 Å². The van der Waals surface area contributed by atoms with Gasteiger partial charge in [0.2, 0.25) is 6.04 Å².